The van der Waals surface area contributed by atoms with Crippen LogP contribution in [-0.4, -0.2) is 64.7 Å². The van der Waals surface area contributed by atoms with Gasteiger partial charge in [0.15, 0.2) is 5.82 Å². The fourth-order valence-electron chi connectivity index (χ4n) is 4.05. The lowest BCUT2D eigenvalue weighted by Crippen LogP contribution is -2.50. The van der Waals surface area contributed by atoms with E-state index in [2.05, 4.69) is 15.0 Å². The molecule has 0 N–H and O–H groups in total. The molecule has 0 radical (unpaired) electrons. The largest absolute Gasteiger partial charge is 0.336 e. The summed E-state index contributed by atoms with van der Waals surface area (Å²) in [6.07, 6.45) is 4.66. The van der Waals surface area contributed by atoms with Gasteiger partial charge in [-0.15, -0.1) is 0 Å². The predicted octanol–water partition coefficient (Wildman–Crippen LogP) is 3.80. The maximum absolute atomic E-state index is 13.2. The van der Waals surface area contributed by atoms with Crippen LogP contribution in [0.1, 0.15) is 15.9 Å². The van der Waals surface area contributed by atoms with Crippen LogP contribution in [-0.2, 0) is 10.0 Å². The Hall–Kier alpha value is -3.40. The van der Waals surface area contributed by atoms with Crippen molar-refractivity contribution in [1.82, 2.24) is 24.2 Å². The second-order valence-corrected chi connectivity index (χ2v) is 10.7. The number of hydrogen-bond acceptors (Lipinski definition) is 6. The average Bonchev–Trinajstić information content (AvgIpc) is 2.88. The van der Waals surface area contributed by atoms with E-state index in [1.165, 1.54) is 16.7 Å². The topological polar surface area (TPSA) is 96.4 Å². The summed E-state index contributed by atoms with van der Waals surface area (Å²) in [7, 11) is -3.69. The molecule has 1 aliphatic heterocycles. The Bertz CT molecular complexity index is 1520. The van der Waals surface area contributed by atoms with Gasteiger partial charge in [-0.3, -0.25) is 9.78 Å². The summed E-state index contributed by atoms with van der Waals surface area (Å²) in [5.74, 6) is 0.215. The average molecular weight is 508 g/mol. The monoisotopic (exact) mass is 507 g/mol. The minimum atomic E-state index is -3.69. The molecule has 10 heteroatoms. The van der Waals surface area contributed by atoms with Gasteiger partial charge in [-0.25, -0.2) is 18.4 Å². The van der Waals surface area contributed by atoms with Gasteiger partial charge in [0.05, 0.1) is 10.5 Å². The van der Waals surface area contributed by atoms with Crippen molar-refractivity contribution in [3.8, 4) is 11.5 Å². The molecule has 5 rings (SSSR count). The van der Waals surface area contributed by atoms with Crippen LogP contribution in [0.15, 0.2) is 72.0 Å². The number of benzene rings is 2. The van der Waals surface area contributed by atoms with Gasteiger partial charge in [-0.05, 0) is 59.7 Å². The van der Waals surface area contributed by atoms with Gasteiger partial charge < -0.3 is 4.90 Å². The number of halogens is 1. The summed E-state index contributed by atoms with van der Waals surface area (Å²) in [5.41, 5.74) is 2.03. The highest BCUT2D eigenvalue weighted by Gasteiger charge is 2.30. The Labute approximate surface area is 208 Å². The molecular formula is C25H22ClN5O3S. The number of rotatable bonds is 4. The normalized spacial score (nSPS) is 14.9. The third kappa shape index (κ3) is 4.75. The number of fused-ring (bicyclic) bond motifs is 1. The van der Waals surface area contributed by atoms with Crippen molar-refractivity contribution in [3.63, 3.8) is 0 Å². The number of aromatic nitrogens is 3. The van der Waals surface area contributed by atoms with Crippen molar-refractivity contribution in [3.05, 3.63) is 83.3 Å². The van der Waals surface area contributed by atoms with Crippen LogP contribution < -0.4 is 0 Å². The fraction of sp³-hybridized carbons (Fsp3) is 0.200. The van der Waals surface area contributed by atoms with E-state index in [1.807, 2.05) is 19.1 Å². The molecule has 0 atom stereocenters. The van der Waals surface area contributed by atoms with Crippen LogP contribution >= 0.6 is 11.6 Å². The summed E-state index contributed by atoms with van der Waals surface area (Å²) in [5, 5.41) is 2.27. The zero-order valence-electron chi connectivity index (χ0n) is 18.9. The second-order valence-electron chi connectivity index (χ2n) is 8.36. The van der Waals surface area contributed by atoms with E-state index in [0.29, 0.717) is 22.1 Å². The number of aryl methyl sites for hydroxylation is 1. The van der Waals surface area contributed by atoms with Gasteiger partial charge >= 0.3 is 0 Å². The molecule has 1 amide bonds. The Morgan fingerprint density at radius 1 is 0.886 bits per heavy atom. The molecule has 0 saturated carbocycles. The van der Waals surface area contributed by atoms with Gasteiger partial charge in [0, 0.05) is 49.8 Å². The number of nitrogens with zero attached hydrogens (tertiary/aromatic N) is 5. The van der Waals surface area contributed by atoms with Crippen LogP contribution in [0.2, 0.25) is 5.02 Å². The van der Waals surface area contributed by atoms with Crippen LogP contribution in [0.3, 0.4) is 0 Å². The summed E-state index contributed by atoms with van der Waals surface area (Å²) in [6.45, 7) is 2.93. The number of pyridine rings is 1. The second kappa shape index (κ2) is 9.33. The molecule has 178 valence electrons. The van der Waals surface area contributed by atoms with Crippen LogP contribution in [0.4, 0.5) is 0 Å². The molecule has 1 fully saturated rings. The SMILES string of the molecule is Cc1ccnc(-c2ncc(C(=O)N3CCN(S(=O)(=O)c4ccc5cc(Cl)ccc5c4)CC3)cn2)c1. The lowest BCUT2D eigenvalue weighted by molar-refractivity contribution is 0.0697. The van der Waals surface area contributed by atoms with E-state index in [9.17, 15) is 13.2 Å². The minimum absolute atomic E-state index is 0.207. The number of piperazine rings is 1. The Morgan fingerprint density at radius 2 is 1.57 bits per heavy atom. The molecule has 1 aliphatic rings. The fourth-order valence-corrected chi connectivity index (χ4v) is 5.69. The van der Waals surface area contributed by atoms with Gasteiger partial charge in [-0.1, -0.05) is 23.7 Å². The van der Waals surface area contributed by atoms with Crippen molar-refractivity contribution in [2.45, 2.75) is 11.8 Å². The highest BCUT2D eigenvalue weighted by Crippen LogP contribution is 2.25. The van der Waals surface area contributed by atoms with E-state index >= 15 is 0 Å². The first-order valence-electron chi connectivity index (χ1n) is 11.0. The van der Waals surface area contributed by atoms with Crippen molar-refractivity contribution < 1.29 is 13.2 Å². The van der Waals surface area contributed by atoms with Crippen molar-refractivity contribution in [2.24, 2.45) is 0 Å². The Kier molecular flexibility index (Phi) is 6.22. The Morgan fingerprint density at radius 3 is 2.29 bits per heavy atom. The first-order valence-corrected chi connectivity index (χ1v) is 12.9. The molecular weight excluding hydrogens is 486 g/mol. The van der Waals surface area contributed by atoms with Crippen molar-refractivity contribution >= 4 is 38.3 Å². The molecule has 0 unspecified atom stereocenters. The van der Waals surface area contributed by atoms with Crippen molar-refractivity contribution in [2.75, 3.05) is 26.2 Å². The first-order chi connectivity index (χ1) is 16.8. The molecule has 8 nitrogen and oxygen atoms in total. The lowest BCUT2D eigenvalue weighted by Gasteiger charge is -2.34. The number of carbonyl (C=O) groups is 1. The van der Waals surface area contributed by atoms with Crippen LogP contribution in [0, 0.1) is 6.92 Å². The number of sulfonamides is 1. The number of carbonyl (C=O) groups excluding carboxylic acids is 1. The van der Waals surface area contributed by atoms with Crippen molar-refractivity contribution in [1.29, 1.82) is 0 Å². The summed E-state index contributed by atoms with van der Waals surface area (Å²) >= 11 is 6.03. The third-order valence-corrected chi connectivity index (χ3v) is 8.11. The molecule has 3 heterocycles. The minimum Gasteiger partial charge on any atom is -0.336 e. The molecule has 4 aromatic rings. The molecule has 2 aromatic carbocycles. The molecule has 35 heavy (non-hydrogen) atoms. The molecule has 0 aliphatic carbocycles. The Balaban J connectivity index is 1.26. The third-order valence-electron chi connectivity index (χ3n) is 5.98. The van der Waals surface area contributed by atoms with E-state index < -0.39 is 10.0 Å². The molecule has 0 spiro atoms. The molecule has 0 bridgehead atoms. The zero-order chi connectivity index (χ0) is 24.6. The number of amides is 1. The maximum Gasteiger partial charge on any atom is 0.257 e. The predicted molar refractivity (Wildman–Crippen MR) is 134 cm³/mol. The number of hydrogen-bond donors (Lipinski definition) is 0. The van der Waals surface area contributed by atoms with Crippen LogP contribution in [0.25, 0.3) is 22.3 Å². The summed E-state index contributed by atoms with van der Waals surface area (Å²) < 4.78 is 27.8. The lowest BCUT2D eigenvalue weighted by atomic mass is 10.1. The van der Waals surface area contributed by atoms with Gasteiger partial charge in [-0.2, -0.15) is 4.31 Å². The van der Waals surface area contributed by atoms with Gasteiger partial charge in [0.25, 0.3) is 5.91 Å². The van der Waals surface area contributed by atoms with Gasteiger partial charge in [0.1, 0.15) is 5.69 Å². The van der Waals surface area contributed by atoms with Gasteiger partial charge in [0.2, 0.25) is 10.0 Å². The summed E-state index contributed by atoms with van der Waals surface area (Å²) in [4.78, 5) is 27.7. The highest BCUT2D eigenvalue weighted by molar-refractivity contribution is 7.89. The van der Waals surface area contributed by atoms with E-state index in [0.717, 1.165) is 16.3 Å². The maximum atomic E-state index is 13.2. The van der Waals surface area contributed by atoms with E-state index in [-0.39, 0.29) is 37.0 Å². The standard InChI is InChI=1S/C25H22ClN5O3S/c1-17-6-7-27-23(12-17)24-28-15-20(16-29-24)25(32)30-8-10-31(11-9-30)35(33,34)22-5-3-18-13-21(26)4-2-19(18)14-22/h2-7,12-16H,8-11H2,1H3. The first kappa shape index (κ1) is 23.3. The molecule has 2 aromatic heterocycles. The molecule has 1 saturated heterocycles. The van der Waals surface area contributed by atoms with E-state index in [1.54, 1.807) is 47.5 Å². The van der Waals surface area contributed by atoms with Crippen LogP contribution in [0.5, 0.6) is 0 Å². The van der Waals surface area contributed by atoms with E-state index in [4.69, 9.17) is 11.6 Å². The highest BCUT2D eigenvalue weighted by atomic mass is 35.5. The quantitative estimate of drug-likeness (QED) is 0.417. The summed E-state index contributed by atoms with van der Waals surface area (Å²) in [6, 6.07) is 14.1. The smallest absolute Gasteiger partial charge is 0.257 e. The zero-order valence-corrected chi connectivity index (χ0v) is 20.5.